The Morgan fingerprint density at radius 1 is 0.794 bits per heavy atom. The summed E-state index contributed by atoms with van der Waals surface area (Å²) in [5.74, 6) is 0.742. The van der Waals surface area contributed by atoms with Crippen LogP contribution in [-0.4, -0.2) is 51.9 Å². The lowest BCUT2D eigenvalue weighted by Crippen LogP contribution is -2.54. The van der Waals surface area contributed by atoms with E-state index in [-0.39, 0.29) is 17.5 Å². The minimum absolute atomic E-state index is 0.124. The fourth-order valence-electron chi connectivity index (χ4n) is 7.07. The molecule has 3 aromatic rings. The van der Waals surface area contributed by atoms with Gasteiger partial charge in [-0.15, -0.1) is 0 Å². The quantitative estimate of drug-likeness (QED) is 0.526. The standard InChI is InChI=1S/C30H33N3O/c34-29(25-14-9-16-31-22-25)33-19-15-30(32-17-7-8-18-32)20-26(23-10-3-1-4-11-23)28(33)27(21-30)24-12-5-2-6-13-24/h1-6,9-14,16,22,26-28H,7-8,15,17-21H2/t26-,27-,28?,30?/m0/s1. The van der Waals surface area contributed by atoms with Crippen molar-refractivity contribution in [2.75, 3.05) is 19.6 Å². The summed E-state index contributed by atoms with van der Waals surface area (Å²) in [6.45, 7) is 3.18. The summed E-state index contributed by atoms with van der Waals surface area (Å²) in [5, 5.41) is 0. The van der Waals surface area contributed by atoms with Gasteiger partial charge in [-0.05, 0) is 68.5 Å². The van der Waals surface area contributed by atoms with Gasteiger partial charge in [0.05, 0.1) is 5.56 Å². The number of amides is 1. The van der Waals surface area contributed by atoms with Crippen molar-refractivity contribution in [3.8, 4) is 0 Å². The normalized spacial score (nSPS) is 29.2. The van der Waals surface area contributed by atoms with Crippen LogP contribution in [0.4, 0.5) is 0 Å². The molecule has 4 fully saturated rings. The van der Waals surface area contributed by atoms with Crippen molar-refractivity contribution in [2.45, 2.75) is 55.5 Å². The van der Waals surface area contributed by atoms with Crippen molar-refractivity contribution in [1.82, 2.24) is 14.8 Å². The third kappa shape index (κ3) is 3.74. The molecule has 4 heterocycles. The lowest BCUT2D eigenvalue weighted by Gasteiger charge is -2.51. The van der Waals surface area contributed by atoms with Gasteiger partial charge in [0.1, 0.15) is 0 Å². The van der Waals surface area contributed by atoms with E-state index in [0.29, 0.717) is 17.4 Å². The number of aromatic nitrogens is 1. The average molecular weight is 452 g/mol. The maximum absolute atomic E-state index is 14.0. The molecule has 0 radical (unpaired) electrons. The highest BCUT2D eigenvalue weighted by atomic mass is 16.2. The van der Waals surface area contributed by atoms with Crippen molar-refractivity contribution in [3.05, 3.63) is 102 Å². The highest BCUT2D eigenvalue weighted by Crippen LogP contribution is 2.54. The fraction of sp³-hybridized carbons (Fsp3) is 0.400. The number of carbonyl (C=O) groups excluding carboxylic acids is 1. The van der Waals surface area contributed by atoms with Crippen molar-refractivity contribution in [2.24, 2.45) is 0 Å². The average Bonchev–Trinajstić information content (AvgIpc) is 3.35. The third-order valence-corrected chi connectivity index (χ3v) is 8.60. The van der Waals surface area contributed by atoms with Crippen molar-refractivity contribution >= 4 is 5.91 Å². The van der Waals surface area contributed by atoms with Gasteiger partial charge in [-0.3, -0.25) is 14.7 Å². The number of pyridine rings is 1. The summed E-state index contributed by atoms with van der Waals surface area (Å²) in [4.78, 5) is 23.3. The van der Waals surface area contributed by atoms with E-state index < -0.39 is 0 Å². The highest BCUT2D eigenvalue weighted by molar-refractivity contribution is 5.94. The summed E-state index contributed by atoms with van der Waals surface area (Å²) in [7, 11) is 0. The number of rotatable bonds is 4. The molecule has 1 aliphatic carbocycles. The first-order valence-electron chi connectivity index (χ1n) is 12.8. The summed E-state index contributed by atoms with van der Waals surface area (Å²) < 4.78 is 0. The molecule has 7 rings (SSSR count). The molecular formula is C30H33N3O. The molecule has 0 unspecified atom stereocenters. The van der Waals surface area contributed by atoms with Crippen molar-refractivity contribution in [3.63, 3.8) is 0 Å². The molecule has 0 spiro atoms. The van der Waals surface area contributed by atoms with Crippen LogP contribution in [0, 0.1) is 0 Å². The maximum atomic E-state index is 14.0. The molecule has 3 aliphatic heterocycles. The van der Waals surface area contributed by atoms with Crippen molar-refractivity contribution in [1.29, 1.82) is 0 Å². The topological polar surface area (TPSA) is 36.4 Å². The Hall–Kier alpha value is -2.98. The Morgan fingerprint density at radius 3 is 1.97 bits per heavy atom. The minimum Gasteiger partial charge on any atom is -0.334 e. The molecule has 3 saturated heterocycles. The van der Waals surface area contributed by atoms with E-state index in [1.165, 1.54) is 37.1 Å². The summed E-state index contributed by atoms with van der Waals surface area (Å²) in [6, 6.07) is 25.8. The second-order valence-electron chi connectivity index (χ2n) is 10.3. The number of likely N-dealkylation sites (tertiary alicyclic amines) is 1. The molecule has 1 saturated carbocycles. The van der Waals surface area contributed by atoms with Crippen LogP contribution in [0.3, 0.4) is 0 Å². The Balaban J connectivity index is 1.51. The predicted octanol–water partition coefficient (Wildman–Crippen LogP) is 5.49. The van der Waals surface area contributed by atoms with Crippen LogP contribution in [0.15, 0.2) is 85.2 Å². The summed E-state index contributed by atoms with van der Waals surface area (Å²) in [6.07, 6.45) is 9.34. The van der Waals surface area contributed by atoms with Crippen LogP contribution in [-0.2, 0) is 0 Å². The van der Waals surface area contributed by atoms with E-state index in [2.05, 4.69) is 75.4 Å². The molecule has 2 atom stereocenters. The van der Waals surface area contributed by atoms with Crippen LogP contribution >= 0.6 is 0 Å². The second-order valence-corrected chi connectivity index (χ2v) is 10.3. The van der Waals surface area contributed by atoms with E-state index in [9.17, 15) is 4.79 Å². The van der Waals surface area contributed by atoms with Gasteiger partial charge in [0.15, 0.2) is 0 Å². The van der Waals surface area contributed by atoms with E-state index >= 15 is 0 Å². The molecular weight excluding hydrogens is 418 g/mol. The Morgan fingerprint density at radius 2 is 1.41 bits per heavy atom. The molecule has 34 heavy (non-hydrogen) atoms. The lowest BCUT2D eigenvalue weighted by atomic mass is 9.63. The first kappa shape index (κ1) is 21.5. The molecule has 1 amide bonds. The van der Waals surface area contributed by atoms with Gasteiger partial charge < -0.3 is 4.90 Å². The van der Waals surface area contributed by atoms with Gasteiger partial charge in [0.25, 0.3) is 5.91 Å². The number of benzene rings is 2. The molecule has 0 N–H and O–H groups in total. The largest absolute Gasteiger partial charge is 0.334 e. The number of hydrogen-bond acceptors (Lipinski definition) is 3. The Bertz CT molecular complexity index is 1060. The Labute approximate surface area is 202 Å². The highest BCUT2D eigenvalue weighted by Gasteiger charge is 2.55. The van der Waals surface area contributed by atoms with Crippen LogP contribution < -0.4 is 0 Å². The summed E-state index contributed by atoms with van der Waals surface area (Å²) in [5.41, 5.74) is 3.56. The number of nitrogens with zero attached hydrogens (tertiary/aromatic N) is 3. The maximum Gasteiger partial charge on any atom is 0.255 e. The first-order chi connectivity index (χ1) is 16.8. The number of fused-ring (bicyclic) bond motifs is 4. The second kappa shape index (κ2) is 8.99. The van der Waals surface area contributed by atoms with Crippen LogP contribution in [0.1, 0.15) is 65.4 Å². The zero-order valence-corrected chi connectivity index (χ0v) is 19.7. The molecule has 4 aliphatic rings. The van der Waals surface area contributed by atoms with Gasteiger partial charge >= 0.3 is 0 Å². The van der Waals surface area contributed by atoms with Gasteiger partial charge in [0.2, 0.25) is 0 Å². The van der Waals surface area contributed by atoms with Crippen LogP contribution in [0.2, 0.25) is 0 Å². The van der Waals surface area contributed by atoms with E-state index in [0.717, 1.165) is 25.8 Å². The van der Waals surface area contributed by atoms with Gasteiger partial charge in [0, 0.05) is 42.4 Å². The smallest absolute Gasteiger partial charge is 0.255 e. The van der Waals surface area contributed by atoms with E-state index in [4.69, 9.17) is 0 Å². The summed E-state index contributed by atoms with van der Waals surface area (Å²) >= 11 is 0. The molecule has 4 nitrogen and oxygen atoms in total. The van der Waals surface area contributed by atoms with E-state index in [1.807, 2.05) is 12.1 Å². The van der Waals surface area contributed by atoms with Crippen LogP contribution in [0.25, 0.3) is 0 Å². The lowest BCUT2D eigenvalue weighted by molar-refractivity contribution is 0.0422. The molecule has 174 valence electrons. The first-order valence-corrected chi connectivity index (χ1v) is 12.8. The predicted molar refractivity (Wildman–Crippen MR) is 135 cm³/mol. The van der Waals surface area contributed by atoms with Crippen molar-refractivity contribution < 1.29 is 4.79 Å². The molecule has 2 aromatic carbocycles. The van der Waals surface area contributed by atoms with Gasteiger partial charge in [-0.2, -0.15) is 0 Å². The van der Waals surface area contributed by atoms with Gasteiger partial charge in [-0.25, -0.2) is 0 Å². The molecule has 4 heteroatoms. The number of carbonyl (C=O) groups is 1. The minimum atomic E-state index is 0.124. The van der Waals surface area contributed by atoms with Gasteiger partial charge in [-0.1, -0.05) is 60.7 Å². The zero-order chi connectivity index (χ0) is 23.0. The zero-order valence-electron chi connectivity index (χ0n) is 19.7. The number of hydrogen-bond donors (Lipinski definition) is 0. The SMILES string of the molecule is O=C(c1cccnc1)N1CCC2(N3CCCC3)C[C@@H](c3ccccc3)C1[C@H](c1ccccc1)C2. The molecule has 1 aromatic heterocycles. The third-order valence-electron chi connectivity index (χ3n) is 8.60. The van der Waals surface area contributed by atoms with E-state index in [1.54, 1.807) is 12.4 Å². The van der Waals surface area contributed by atoms with Crippen LogP contribution in [0.5, 0.6) is 0 Å². The fourth-order valence-corrected chi connectivity index (χ4v) is 7.07. The molecule has 2 bridgehead atoms. The Kier molecular flexibility index (Phi) is 5.70. The monoisotopic (exact) mass is 451 g/mol.